The maximum Gasteiger partial charge on any atom is 0.144 e. The van der Waals surface area contributed by atoms with Crippen molar-refractivity contribution in [3.63, 3.8) is 0 Å². The predicted molar refractivity (Wildman–Crippen MR) is 63.2 cm³/mol. The maximum absolute atomic E-state index is 9.64. The second-order valence-corrected chi connectivity index (χ2v) is 4.41. The van der Waals surface area contributed by atoms with Crippen LogP contribution in [0.4, 0.5) is 5.82 Å². The first-order valence-corrected chi connectivity index (χ1v) is 5.50. The Hall–Kier alpha value is -0.800. The molecule has 1 unspecified atom stereocenters. The van der Waals surface area contributed by atoms with Gasteiger partial charge in [0.15, 0.2) is 0 Å². The molecule has 4 heteroatoms. The number of aliphatic hydroxyl groups excluding tert-OH is 1. The third kappa shape index (κ3) is 4.49. The van der Waals surface area contributed by atoms with Crippen LogP contribution in [0.25, 0.3) is 0 Å². The van der Waals surface area contributed by atoms with Crippen LogP contribution >= 0.6 is 11.6 Å². The smallest absolute Gasteiger partial charge is 0.144 e. The quantitative estimate of drug-likeness (QED) is 0.814. The number of anilines is 1. The first kappa shape index (κ1) is 12.3. The van der Waals surface area contributed by atoms with E-state index >= 15 is 0 Å². The number of nitrogens with zero attached hydrogens (tertiary/aromatic N) is 1. The Bertz CT molecular complexity index is 304. The fourth-order valence-corrected chi connectivity index (χ4v) is 1.55. The number of pyridine rings is 1. The molecule has 1 aromatic heterocycles. The first-order valence-electron chi connectivity index (χ1n) is 5.12. The largest absolute Gasteiger partial charge is 0.391 e. The van der Waals surface area contributed by atoms with Gasteiger partial charge in [-0.15, -0.1) is 0 Å². The van der Waals surface area contributed by atoms with E-state index in [1.165, 1.54) is 0 Å². The lowest BCUT2D eigenvalue weighted by molar-refractivity contribution is 0.161. The highest BCUT2D eigenvalue weighted by Crippen LogP contribution is 2.17. The Balaban J connectivity index is 2.40. The van der Waals surface area contributed by atoms with Crippen molar-refractivity contribution < 1.29 is 5.11 Å². The second-order valence-electron chi connectivity index (χ2n) is 4.00. The molecular weight excluding hydrogens is 212 g/mol. The van der Waals surface area contributed by atoms with E-state index in [0.717, 1.165) is 6.42 Å². The van der Waals surface area contributed by atoms with E-state index in [1.54, 1.807) is 18.3 Å². The molecule has 0 aromatic carbocycles. The molecule has 0 bridgehead atoms. The monoisotopic (exact) mass is 228 g/mol. The van der Waals surface area contributed by atoms with Crippen LogP contribution in [-0.4, -0.2) is 22.7 Å². The lowest BCUT2D eigenvalue weighted by atomic mass is 10.1. The third-order valence-electron chi connectivity index (χ3n) is 2.01. The summed E-state index contributed by atoms with van der Waals surface area (Å²) in [6, 6.07) is 3.55. The summed E-state index contributed by atoms with van der Waals surface area (Å²) in [5.74, 6) is 1.11. The van der Waals surface area contributed by atoms with Gasteiger partial charge in [0.1, 0.15) is 5.82 Å². The number of hydrogen-bond donors (Lipinski definition) is 2. The molecule has 0 saturated heterocycles. The van der Waals surface area contributed by atoms with Crippen molar-refractivity contribution in [3.8, 4) is 0 Å². The zero-order valence-corrected chi connectivity index (χ0v) is 9.83. The van der Waals surface area contributed by atoms with Crippen molar-refractivity contribution in [1.82, 2.24) is 4.98 Å². The minimum absolute atomic E-state index is 0.358. The molecule has 0 amide bonds. The summed E-state index contributed by atoms with van der Waals surface area (Å²) in [6.07, 6.45) is 2.09. The van der Waals surface area contributed by atoms with Gasteiger partial charge in [-0.25, -0.2) is 4.98 Å². The molecule has 0 aliphatic heterocycles. The Morgan fingerprint density at radius 1 is 1.53 bits per heavy atom. The zero-order chi connectivity index (χ0) is 11.3. The van der Waals surface area contributed by atoms with Gasteiger partial charge in [-0.3, -0.25) is 0 Å². The number of halogens is 1. The van der Waals surface area contributed by atoms with Gasteiger partial charge in [-0.1, -0.05) is 25.4 Å². The van der Waals surface area contributed by atoms with E-state index in [-0.39, 0.29) is 6.10 Å². The summed E-state index contributed by atoms with van der Waals surface area (Å²) in [7, 11) is 0. The molecule has 1 rings (SSSR count). The van der Waals surface area contributed by atoms with Gasteiger partial charge >= 0.3 is 0 Å². The number of rotatable bonds is 5. The van der Waals surface area contributed by atoms with Gasteiger partial charge in [0.25, 0.3) is 0 Å². The number of aliphatic hydroxyl groups is 1. The summed E-state index contributed by atoms with van der Waals surface area (Å²) in [4.78, 5) is 4.08. The molecule has 3 nitrogen and oxygen atoms in total. The highest BCUT2D eigenvalue weighted by molar-refractivity contribution is 6.32. The van der Waals surface area contributed by atoms with Crippen molar-refractivity contribution in [1.29, 1.82) is 0 Å². The van der Waals surface area contributed by atoms with Crippen LogP contribution in [0, 0.1) is 5.92 Å². The Morgan fingerprint density at radius 2 is 2.27 bits per heavy atom. The van der Waals surface area contributed by atoms with E-state index in [0.29, 0.717) is 23.3 Å². The summed E-state index contributed by atoms with van der Waals surface area (Å²) >= 11 is 5.91. The van der Waals surface area contributed by atoms with Gasteiger partial charge in [0.2, 0.25) is 0 Å². The molecule has 84 valence electrons. The lowest BCUT2D eigenvalue weighted by Crippen LogP contribution is -2.21. The normalized spacial score (nSPS) is 12.9. The molecule has 1 heterocycles. The van der Waals surface area contributed by atoms with Gasteiger partial charge in [0.05, 0.1) is 11.1 Å². The minimum atomic E-state index is -0.358. The molecule has 0 aliphatic carbocycles. The molecule has 1 aromatic rings. The van der Waals surface area contributed by atoms with Gasteiger partial charge in [-0.2, -0.15) is 0 Å². The van der Waals surface area contributed by atoms with Crippen molar-refractivity contribution in [2.45, 2.75) is 26.4 Å². The van der Waals surface area contributed by atoms with Crippen molar-refractivity contribution in [2.24, 2.45) is 5.92 Å². The van der Waals surface area contributed by atoms with Crippen LogP contribution in [0.15, 0.2) is 18.3 Å². The van der Waals surface area contributed by atoms with Crippen molar-refractivity contribution in [2.75, 3.05) is 11.9 Å². The van der Waals surface area contributed by atoms with E-state index in [4.69, 9.17) is 11.6 Å². The number of hydrogen-bond acceptors (Lipinski definition) is 3. The zero-order valence-electron chi connectivity index (χ0n) is 9.07. The van der Waals surface area contributed by atoms with Gasteiger partial charge in [-0.05, 0) is 24.5 Å². The summed E-state index contributed by atoms with van der Waals surface area (Å²) in [5, 5.41) is 13.2. The number of nitrogens with one attached hydrogen (secondary N) is 1. The molecule has 0 radical (unpaired) electrons. The third-order valence-corrected chi connectivity index (χ3v) is 2.31. The fourth-order valence-electron chi connectivity index (χ4n) is 1.36. The SMILES string of the molecule is CC(C)CC(O)CNc1ncccc1Cl. The lowest BCUT2D eigenvalue weighted by Gasteiger charge is -2.14. The van der Waals surface area contributed by atoms with Crippen molar-refractivity contribution >= 4 is 17.4 Å². The highest BCUT2D eigenvalue weighted by atomic mass is 35.5. The Kier molecular flexibility index (Phi) is 4.85. The van der Waals surface area contributed by atoms with Gasteiger partial charge < -0.3 is 10.4 Å². The van der Waals surface area contributed by atoms with E-state index in [9.17, 15) is 5.11 Å². The van der Waals surface area contributed by atoms with Crippen LogP contribution in [-0.2, 0) is 0 Å². The maximum atomic E-state index is 9.64. The van der Waals surface area contributed by atoms with Crippen molar-refractivity contribution in [3.05, 3.63) is 23.4 Å². The topological polar surface area (TPSA) is 45.1 Å². The summed E-state index contributed by atoms with van der Waals surface area (Å²) in [6.45, 7) is 4.64. The summed E-state index contributed by atoms with van der Waals surface area (Å²) < 4.78 is 0. The number of aromatic nitrogens is 1. The van der Waals surface area contributed by atoms with Crippen LogP contribution in [0.1, 0.15) is 20.3 Å². The molecule has 15 heavy (non-hydrogen) atoms. The predicted octanol–water partition coefficient (Wildman–Crippen LogP) is 2.55. The van der Waals surface area contributed by atoms with E-state index in [1.807, 2.05) is 0 Å². The Labute approximate surface area is 95.5 Å². The fraction of sp³-hybridized carbons (Fsp3) is 0.545. The molecule has 0 spiro atoms. The van der Waals surface area contributed by atoms with Gasteiger partial charge in [0, 0.05) is 12.7 Å². The van der Waals surface area contributed by atoms with Crippen LogP contribution in [0.5, 0.6) is 0 Å². The van der Waals surface area contributed by atoms with Crippen LogP contribution in [0.3, 0.4) is 0 Å². The molecule has 0 fully saturated rings. The molecular formula is C11H17ClN2O. The summed E-state index contributed by atoms with van der Waals surface area (Å²) in [5.41, 5.74) is 0. The molecule has 0 aliphatic rings. The standard InChI is InChI=1S/C11H17ClN2O/c1-8(2)6-9(15)7-14-11-10(12)4-3-5-13-11/h3-5,8-9,15H,6-7H2,1-2H3,(H,13,14). The molecule has 2 N–H and O–H groups in total. The Morgan fingerprint density at radius 3 is 2.87 bits per heavy atom. The average Bonchev–Trinajstić information content (AvgIpc) is 2.15. The second kappa shape index (κ2) is 5.93. The molecule has 1 atom stereocenters. The minimum Gasteiger partial charge on any atom is -0.391 e. The van der Waals surface area contributed by atoms with E-state index < -0.39 is 0 Å². The van der Waals surface area contributed by atoms with Crippen LogP contribution < -0.4 is 5.32 Å². The van der Waals surface area contributed by atoms with E-state index in [2.05, 4.69) is 24.1 Å². The highest BCUT2D eigenvalue weighted by Gasteiger charge is 2.07. The molecule has 0 saturated carbocycles. The first-order chi connectivity index (χ1) is 7.09. The van der Waals surface area contributed by atoms with Crippen LogP contribution in [0.2, 0.25) is 5.02 Å². The average molecular weight is 229 g/mol.